The summed E-state index contributed by atoms with van der Waals surface area (Å²) in [6.07, 6.45) is 0.627. The number of carbonyl (C=O) groups excluding carboxylic acids is 2. The minimum atomic E-state index is -0.327. The molecule has 0 aliphatic carbocycles. The van der Waals surface area contributed by atoms with Crippen molar-refractivity contribution in [1.29, 1.82) is 0 Å². The molecule has 1 unspecified atom stereocenters. The molecule has 2 aliphatic heterocycles. The molecule has 1 aromatic heterocycles. The van der Waals surface area contributed by atoms with Crippen molar-refractivity contribution < 1.29 is 9.59 Å². The zero-order valence-electron chi connectivity index (χ0n) is 11.4. The second-order valence-corrected chi connectivity index (χ2v) is 6.44. The lowest BCUT2D eigenvalue weighted by atomic mass is 9.95. The Labute approximate surface area is 126 Å². The molecular weight excluding hydrogens is 284 g/mol. The van der Waals surface area contributed by atoms with Gasteiger partial charge in [0, 0.05) is 17.8 Å². The molecule has 5 heteroatoms. The number of fused-ring (bicyclic) bond motifs is 2. The summed E-state index contributed by atoms with van der Waals surface area (Å²) in [5, 5.41) is 1.96. The number of imide groups is 1. The fraction of sp³-hybridized carbons (Fsp3) is 0.250. The molecule has 4 nitrogen and oxygen atoms in total. The van der Waals surface area contributed by atoms with Crippen LogP contribution in [0, 0.1) is 0 Å². The van der Waals surface area contributed by atoms with Crippen LogP contribution in [0.25, 0.3) is 0 Å². The van der Waals surface area contributed by atoms with E-state index in [1.165, 1.54) is 10.5 Å². The van der Waals surface area contributed by atoms with Crippen molar-refractivity contribution in [2.24, 2.45) is 0 Å². The molecule has 4 rings (SSSR count). The van der Waals surface area contributed by atoms with E-state index in [4.69, 9.17) is 0 Å². The van der Waals surface area contributed by atoms with Gasteiger partial charge in [-0.15, -0.1) is 11.3 Å². The van der Waals surface area contributed by atoms with Crippen LogP contribution in [0.3, 0.4) is 0 Å². The standard InChI is InChI=1S/C16H14N2O2S/c19-15-14-8-11-4-1-2-5-12(11)9-17(14)16(20)18(15)10-13-6-3-7-21-13/h1-7,14H,8-10H2. The van der Waals surface area contributed by atoms with E-state index in [0.717, 1.165) is 10.4 Å². The average molecular weight is 298 g/mol. The Kier molecular flexibility index (Phi) is 2.82. The van der Waals surface area contributed by atoms with E-state index in [9.17, 15) is 9.59 Å². The number of benzene rings is 1. The van der Waals surface area contributed by atoms with Gasteiger partial charge in [0.05, 0.1) is 6.54 Å². The van der Waals surface area contributed by atoms with E-state index < -0.39 is 0 Å². The first kappa shape index (κ1) is 12.6. The van der Waals surface area contributed by atoms with E-state index in [1.807, 2.05) is 41.8 Å². The summed E-state index contributed by atoms with van der Waals surface area (Å²) in [6, 6.07) is 11.5. The van der Waals surface area contributed by atoms with E-state index in [0.29, 0.717) is 19.5 Å². The molecule has 0 bridgehead atoms. The van der Waals surface area contributed by atoms with Crippen molar-refractivity contribution in [3.63, 3.8) is 0 Å². The Morgan fingerprint density at radius 1 is 1.10 bits per heavy atom. The van der Waals surface area contributed by atoms with Crippen LogP contribution in [0.4, 0.5) is 4.79 Å². The topological polar surface area (TPSA) is 40.6 Å². The maximum Gasteiger partial charge on any atom is 0.328 e. The van der Waals surface area contributed by atoms with Gasteiger partial charge in [-0.2, -0.15) is 0 Å². The Morgan fingerprint density at radius 2 is 1.90 bits per heavy atom. The molecule has 0 radical (unpaired) electrons. The molecule has 0 spiro atoms. The maximum absolute atomic E-state index is 12.6. The fourth-order valence-electron chi connectivity index (χ4n) is 3.08. The maximum atomic E-state index is 12.6. The Morgan fingerprint density at radius 3 is 2.67 bits per heavy atom. The van der Waals surface area contributed by atoms with Crippen molar-refractivity contribution in [1.82, 2.24) is 9.80 Å². The third-order valence-corrected chi connectivity index (χ3v) is 5.03. The number of thiophene rings is 1. The second kappa shape index (κ2) is 4.70. The van der Waals surface area contributed by atoms with Gasteiger partial charge in [-0.25, -0.2) is 4.79 Å². The largest absolute Gasteiger partial charge is 0.328 e. The van der Waals surface area contributed by atoms with Crippen LogP contribution >= 0.6 is 11.3 Å². The SMILES string of the molecule is O=C1C2Cc3ccccc3CN2C(=O)N1Cc1cccs1. The Balaban J connectivity index is 1.63. The van der Waals surface area contributed by atoms with Crippen LogP contribution in [-0.2, 0) is 24.3 Å². The normalized spacial score (nSPS) is 20.7. The Hall–Kier alpha value is -2.14. The van der Waals surface area contributed by atoms with Gasteiger partial charge in [0.1, 0.15) is 6.04 Å². The van der Waals surface area contributed by atoms with Crippen LogP contribution in [0.15, 0.2) is 41.8 Å². The number of urea groups is 1. The predicted octanol–water partition coefficient (Wildman–Crippen LogP) is 2.64. The number of rotatable bonds is 2. The summed E-state index contributed by atoms with van der Waals surface area (Å²) < 4.78 is 0. The molecule has 2 aromatic rings. The summed E-state index contributed by atoms with van der Waals surface area (Å²) in [4.78, 5) is 29.2. The minimum absolute atomic E-state index is 0.0668. The number of carbonyl (C=O) groups is 2. The first-order chi connectivity index (χ1) is 10.2. The molecule has 0 N–H and O–H groups in total. The van der Waals surface area contributed by atoms with Gasteiger partial charge in [0.2, 0.25) is 0 Å². The molecule has 1 atom stereocenters. The zero-order chi connectivity index (χ0) is 14.4. The van der Waals surface area contributed by atoms with Gasteiger partial charge >= 0.3 is 6.03 Å². The highest BCUT2D eigenvalue weighted by molar-refractivity contribution is 7.09. The van der Waals surface area contributed by atoms with Crippen molar-refractivity contribution >= 4 is 23.3 Å². The van der Waals surface area contributed by atoms with Gasteiger partial charge in [-0.3, -0.25) is 9.69 Å². The highest BCUT2D eigenvalue weighted by atomic mass is 32.1. The first-order valence-corrected chi connectivity index (χ1v) is 7.83. The second-order valence-electron chi connectivity index (χ2n) is 5.40. The Bertz CT molecular complexity index is 668. The predicted molar refractivity (Wildman–Crippen MR) is 79.7 cm³/mol. The summed E-state index contributed by atoms with van der Waals surface area (Å²) in [7, 11) is 0. The smallest absolute Gasteiger partial charge is 0.308 e. The third kappa shape index (κ3) is 1.96. The van der Waals surface area contributed by atoms with E-state index >= 15 is 0 Å². The van der Waals surface area contributed by atoms with Crippen LogP contribution in [0.2, 0.25) is 0 Å². The molecule has 2 aliphatic rings. The quantitative estimate of drug-likeness (QED) is 0.800. The van der Waals surface area contributed by atoms with Crippen molar-refractivity contribution in [2.75, 3.05) is 0 Å². The lowest BCUT2D eigenvalue weighted by Gasteiger charge is -2.28. The molecule has 1 aromatic carbocycles. The summed E-state index contributed by atoms with van der Waals surface area (Å²) in [6.45, 7) is 0.922. The number of nitrogens with zero attached hydrogens (tertiary/aromatic N) is 2. The molecule has 3 heterocycles. The number of hydrogen-bond acceptors (Lipinski definition) is 3. The number of hydrogen-bond donors (Lipinski definition) is 0. The van der Waals surface area contributed by atoms with Crippen molar-refractivity contribution in [2.45, 2.75) is 25.6 Å². The average Bonchev–Trinajstić information content (AvgIpc) is 3.09. The third-order valence-electron chi connectivity index (χ3n) is 4.17. The van der Waals surface area contributed by atoms with Gasteiger partial charge < -0.3 is 4.90 Å². The van der Waals surface area contributed by atoms with E-state index in [1.54, 1.807) is 16.2 Å². The number of amides is 3. The monoisotopic (exact) mass is 298 g/mol. The van der Waals surface area contributed by atoms with Gasteiger partial charge in [-0.05, 0) is 22.6 Å². The lowest BCUT2D eigenvalue weighted by molar-refractivity contribution is -0.128. The van der Waals surface area contributed by atoms with Crippen LogP contribution in [0.1, 0.15) is 16.0 Å². The van der Waals surface area contributed by atoms with Crippen molar-refractivity contribution in [3.8, 4) is 0 Å². The van der Waals surface area contributed by atoms with Gasteiger partial charge in [-0.1, -0.05) is 30.3 Å². The summed E-state index contributed by atoms with van der Waals surface area (Å²) in [5.74, 6) is -0.0668. The molecular formula is C16H14N2O2S. The fourth-order valence-corrected chi connectivity index (χ4v) is 3.77. The lowest BCUT2D eigenvalue weighted by Crippen LogP contribution is -2.39. The molecule has 1 saturated heterocycles. The van der Waals surface area contributed by atoms with Crippen LogP contribution in [-0.4, -0.2) is 27.8 Å². The minimum Gasteiger partial charge on any atom is -0.308 e. The van der Waals surface area contributed by atoms with Gasteiger partial charge in [0.25, 0.3) is 5.91 Å². The van der Waals surface area contributed by atoms with Crippen LogP contribution < -0.4 is 0 Å². The molecule has 21 heavy (non-hydrogen) atoms. The van der Waals surface area contributed by atoms with Gasteiger partial charge in [0.15, 0.2) is 0 Å². The van der Waals surface area contributed by atoms with E-state index in [2.05, 4.69) is 0 Å². The zero-order valence-corrected chi connectivity index (χ0v) is 12.2. The van der Waals surface area contributed by atoms with E-state index in [-0.39, 0.29) is 18.0 Å². The summed E-state index contributed by atoms with van der Waals surface area (Å²) in [5.41, 5.74) is 2.32. The molecule has 3 amide bonds. The van der Waals surface area contributed by atoms with Crippen molar-refractivity contribution in [3.05, 3.63) is 57.8 Å². The first-order valence-electron chi connectivity index (χ1n) is 6.95. The van der Waals surface area contributed by atoms with Crippen LogP contribution in [0.5, 0.6) is 0 Å². The summed E-state index contributed by atoms with van der Waals surface area (Å²) >= 11 is 1.57. The molecule has 0 saturated carbocycles. The highest BCUT2D eigenvalue weighted by Crippen LogP contribution is 2.31. The molecule has 106 valence electrons. The molecule has 1 fully saturated rings. The highest BCUT2D eigenvalue weighted by Gasteiger charge is 2.46.